The lowest BCUT2D eigenvalue weighted by Crippen LogP contribution is -2.02. The number of unbranched alkanes of at least 4 members (excludes halogenated alkanes) is 1. The molecule has 4 nitrogen and oxygen atoms in total. The Morgan fingerprint density at radius 2 is 2.16 bits per heavy atom. The molecule has 2 aromatic rings. The van der Waals surface area contributed by atoms with Crippen LogP contribution in [0.25, 0.3) is 0 Å². The Hall–Kier alpha value is -1.75. The van der Waals surface area contributed by atoms with Gasteiger partial charge in [0.15, 0.2) is 0 Å². The average Bonchev–Trinajstić information content (AvgIpc) is 2.82. The summed E-state index contributed by atoms with van der Waals surface area (Å²) >= 11 is 0. The highest BCUT2D eigenvalue weighted by molar-refractivity contribution is 5.26. The summed E-state index contributed by atoms with van der Waals surface area (Å²) in [5, 5.41) is 8.19. The van der Waals surface area contributed by atoms with E-state index in [9.17, 15) is 4.39 Å². The van der Waals surface area contributed by atoms with Crippen LogP contribution in [0.5, 0.6) is 0 Å². The summed E-state index contributed by atoms with van der Waals surface area (Å²) in [5.74, 6) is -0.219. The number of nitrogens with zero attached hydrogens (tertiary/aromatic N) is 3. The second kappa shape index (κ2) is 6.43. The van der Waals surface area contributed by atoms with Crippen LogP contribution in [0.2, 0.25) is 0 Å². The van der Waals surface area contributed by atoms with Crippen molar-refractivity contribution in [1.82, 2.24) is 15.0 Å². The van der Waals surface area contributed by atoms with Crippen molar-refractivity contribution in [3.8, 4) is 0 Å². The van der Waals surface area contributed by atoms with Gasteiger partial charge < -0.3 is 5.73 Å². The lowest BCUT2D eigenvalue weighted by Gasteiger charge is -2.05. The van der Waals surface area contributed by atoms with Crippen LogP contribution >= 0.6 is 0 Å². The summed E-state index contributed by atoms with van der Waals surface area (Å²) in [4.78, 5) is 0. The maximum absolute atomic E-state index is 13.2. The van der Waals surface area contributed by atoms with Gasteiger partial charge in [-0.25, -0.2) is 9.07 Å². The number of hydrogen-bond acceptors (Lipinski definition) is 3. The number of benzene rings is 1. The second-order valence-electron chi connectivity index (χ2n) is 4.72. The van der Waals surface area contributed by atoms with Crippen molar-refractivity contribution < 1.29 is 4.39 Å². The third-order valence-corrected chi connectivity index (χ3v) is 3.12. The van der Waals surface area contributed by atoms with Crippen LogP contribution < -0.4 is 5.73 Å². The first-order chi connectivity index (χ1) is 9.19. The predicted octanol–water partition coefficient (Wildman–Crippen LogP) is 2.06. The Balaban J connectivity index is 2.01. The molecule has 2 N–H and O–H groups in total. The smallest absolute Gasteiger partial charge is 0.123 e. The van der Waals surface area contributed by atoms with Gasteiger partial charge in [-0.2, -0.15) is 0 Å². The standard InChI is InChI=1S/C14H19FN4/c1-11-5-6-13(15)8-12(11)9-19-10-14(17-18-19)4-2-3-7-16/h5-6,8,10H,2-4,7,9,16H2,1H3. The summed E-state index contributed by atoms with van der Waals surface area (Å²) in [6.07, 6.45) is 4.82. The Labute approximate surface area is 112 Å². The minimum Gasteiger partial charge on any atom is -0.330 e. The summed E-state index contributed by atoms with van der Waals surface area (Å²) in [6, 6.07) is 4.80. The molecule has 0 atom stereocenters. The lowest BCUT2D eigenvalue weighted by atomic mass is 10.1. The number of hydrogen-bond donors (Lipinski definition) is 1. The van der Waals surface area contributed by atoms with E-state index in [0.29, 0.717) is 13.1 Å². The number of rotatable bonds is 6. The van der Waals surface area contributed by atoms with Gasteiger partial charge >= 0.3 is 0 Å². The molecule has 0 radical (unpaired) electrons. The summed E-state index contributed by atoms with van der Waals surface area (Å²) < 4.78 is 15.0. The van der Waals surface area contributed by atoms with E-state index in [4.69, 9.17) is 5.73 Å². The van der Waals surface area contributed by atoms with Gasteiger partial charge in [-0.15, -0.1) is 5.10 Å². The molecule has 0 amide bonds. The summed E-state index contributed by atoms with van der Waals surface area (Å²) in [5.41, 5.74) is 8.40. The molecular formula is C14H19FN4. The van der Waals surface area contributed by atoms with Crippen molar-refractivity contribution in [2.45, 2.75) is 32.7 Å². The fourth-order valence-corrected chi connectivity index (χ4v) is 1.97. The summed E-state index contributed by atoms with van der Waals surface area (Å²) in [7, 11) is 0. The van der Waals surface area contributed by atoms with Crippen LogP contribution in [0.1, 0.15) is 29.7 Å². The van der Waals surface area contributed by atoms with Crippen LogP contribution in [-0.2, 0) is 13.0 Å². The minimum absolute atomic E-state index is 0.219. The van der Waals surface area contributed by atoms with Gasteiger partial charge in [0, 0.05) is 6.20 Å². The van der Waals surface area contributed by atoms with Crippen molar-refractivity contribution >= 4 is 0 Å². The predicted molar refractivity (Wildman–Crippen MR) is 72.3 cm³/mol. The number of aryl methyl sites for hydroxylation is 2. The third kappa shape index (κ3) is 3.86. The second-order valence-corrected chi connectivity index (χ2v) is 4.72. The maximum atomic E-state index is 13.2. The molecule has 0 aliphatic carbocycles. The van der Waals surface area contributed by atoms with Crippen molar-refractivity contribution in [3.63, 3.8) is 0 Å². The SMILES string of the molecule is Cc1ccc(F)cc1Cn1cc(CCCCN)nn1. The highest BCUT2D eigenvalue weighted by atomic mass is 19.1. The fourth-order valence-electron chi connectivity index (χ4n) is 1.97. The van der Waals surface area contributed by atoms with Crippen molar-refractivity contribution in [2.24, 2.45) is 5.73 Å². The molecule has 0 bridgehead atoms. The number of aromatic nitrogens is 3. The van der Waals surface area contributed by atoms with Gasteiger partial charge in [0.25, 0.3) is 0 Å². The Morgan fingerprint density at radius 3 is 2.95 bits per heavy atom. The van der Waals surface area contributed by atoms with Gasteiger partial charge in [0.1, 0.15) is 5.82 Å². The zero-order chi connectivity index (χ0) is 13.7. The van der Waals surface area contributed by atoms with Crippen LogP contribution in [0.4, 0.5) is 4.39 Å². The molecule has 0 fully saturated rings. The van der Waals surface area contributed by atoms with Gasteiger partial charge in [-0.05, 0) is 56.0 Å². The van der Waals surface area contributed by atoms with E-state index in [1.54, 1.807) is 16.8 Å². The van der Waals surface area contributed by atoms with Crippen molar-refractivity contribution in [1.29, 1.82) is 0 Å². The molecule has 19 heavy (non-hydrogen) atoms. The minimum atomic E-state index is -0.219. The highest BCUT2D eigenvalue weighted by Gasteiger charge is 2.05. The molecule has 102 valence electrons. The molecular weight excluding hydrogens is 243 g/mol. The molecule has 0 aliphatic heterocycles. The zero-order valence-corrected chi connectivity index (χ0v) is 11.1. The van der Waals surface area contributed by atoms with Gasteiger partial charge in [-0.1, -0.05) is 11.3 Å². The van der Waals surface area contributed by atoms with E-state index in [-0.39, 0.29) is 5.82 Å². The van der Waals surface area contributed by atoms with E-state index < -0.39 is 0 Å². The first-order valence-electron chi connectivity index (χ1n) is 6.53. The van der Waals surface area contributed by atoms with E-state index in [1.807, 2.05) is 13.1 Å². The Bertz CT molecular complexity index is 536. The zero-order valence-electron chi connectivity index (χ0n) is 11.1. The quantitative estimate of drug-likeness (QED) is 0.811. The molecule has 1 aromatic heterocycles. The molecule has 0 saturated heterocycles. The molecule has 0 unspecified atom stereocenters. The van der Waals surface area contributed by atoms with Crippen molar-refractivity contribution in [2.75, 3.05) is 6.54 Å². The fraction of sp³-hybridized carbons (Fsp3) is 0.429. The third-order valence-electron chi connectivity index (χ3n) is 3.12. The van der Waals surface area contributed by atoms with E-state index >= 15 is 0 Å². The molecule has 0 spiro atoms. The molecule has 1 heterocycles. The maximum Gasteiger partial charge on any atom is 0.123 e. The molecule has 2 rings (SSSR count). The Morgan fingerprint density at radius 1 is 1.32 bits per heavy atom. The topological polar surface area (TPSA) is 56.7 Å². The monoisotopic (exact) mass is 262 g/mol. The van der Waals surface area contributed by atoms with Crippen LogP contribution in [-0.4, -0.2) is 21.5 Å². The molecule has 1 aromatic carbocycles. The number of nitrogens with two attached hydrogens (primary N) is 1. The first-order valence-corrected chi connectivity index (χ1v) is 6.53. The van der Waals surface area contributed by atoms with E-state index in [2.05, 4.69) is 10.3 Å². The molecule has 0 aliphatic rings. The average molecular weight is 262 g/mol. The largest absolute Gasteiger partial charge is 0.330 e. The van der Waals surface area contributed by atoms with Gasteiger partial charge in [0.2, 0.25) is 0 Å². The summed E-state index contributed by atoms with van der Waals surface area (Å²) in [6.45, 7) is 3.22. The van der Waals surface area contributed by atoms with E-state index in [0.717, 1.165) is 36.1 Å². The highest BCUT2D eigenvalue weighted by Crippen LogP contribution is 2.12. The molecule has 0 saturated carbocycles. The van der Waals surface area contributed by atoms with Crippen LogP contribution in [0.15, 0.2) is 24.4 Å². The first kappa shape index (κ1) is 13.7. The van der Waals surface area contributed by atoms with Gasteiger partial charge in [0.05, 0.1) is 12.2 Å². The van der Waals surface area contributed by atoms with Crippen molar-refractivity contribution in [3.05, 3.63) is 47.0 Å². The van der Waals surface area contributed by atoms with Crippen LogP contribution in [0, 0.1) is 12.7 Å². The number of halogens is 1. The van der Waals surface area contributed by atoms with Crippen LogP contribution in [0.3, 0.4) is 0 Å². The van der Waals surface area contributed by atoms with E-state index in [1.165, 1.54) is 6.07 Å². The van der Waals surface area contributed by atoms with Gasteiger partial charge in [-0.3, -0.25) is 0 Å². The normalized spacial score (nSPS) is 10.9. The Kier molecular flexibility index (Phi) is 4.63. The lowest BCUT2D eigenvalue weighted by molar-refractivity contribution is 0.612. The molecule has 5 heteroatoms.